The van der Waals surface area contributed by atoms with E-state index >= 15 is 0 Å². The maximum Gasteiger partial charge on any atom is 0.151 e. The van der Waals surface area contributed by atoms with Crippen LogP contribution < -0.4 is 0 Å². The standard InChI is InChI=1S/C20H16F2S2/c1-13-3-7-16(8-4-13)23-18-11-15(21)12-19(20(18)22)24-17-9-5-14(2)6-10-17/h3-12H,1-2H3. The second kappa shape index (κ2) is 7.41. The molecule has 0 amide bonds. The Morgan fingerprint density at radius 2 is 1.00 bits per heavy atom. The third-order valence-corrected chi connectivity index (χ3v) is 5.52. The van der Waals surface area contributed by atoms with Crippen LogP contribution in [0.3, 0.4) is 0 Å². The van der Waals surface area contributed by atoms with Crippen LogP contribution in [-0.2, 0) is 0 Å². The zero-order valence-electron chi connectivity index (χ0n) is 13.3. The van der Waals surface area contributed by atoms with E-state index in [1.807, 2.05) is 62.4 Å². The number of benzene rings is 3. The molecule has 0 aromatic heterocycles. The number of hydrogen-bond donors (Lipinski definition) is 0. The van der Waals surface area contributed by atoms with Crippen LogP contribution in [0.2, 0.25) is 0 Å². The van der Waals surface area contributed by atoms with E-state index in [4.69, 9.17) is 0 Å². The summed E-state index contributed by atoms with van der Waals surface area (Å²) in [5.41, 5.74) is 2.27. The Morgan fingerprint density at radius 1 is 0.625 bits per heavy atom. The summed E-state index contributed by atoms with van der Waals surface area (Å²) in [6.07, 6.45) is 0. The van der Waals surface area contributed by atoms with E-state index in [0.717, 1.165) is 20.9 Å². The lowest BCUT2D eigenvalue weighted by molar-refractivity contribution is 0.552. The van der Waals surface area contributed by atoms with Gasteiger partial charge in [0, 0.05) is 9.79 Å². The van der Waals surface area contributed by atoms with Crippen molar-refractivity contribution in [3.63, 3.8) is 0 Å². The molecule has 3 aromatic rings. The molecule has 0 spiro atoms. The molecule has 4 heteroatoms. The fourth-order valence-electron chi connectivity index (χ4n) is 2.16. The van der Waals surface area contributed by atoms with Gasteiger partial charge in [0.15, 0.2) is 5.82 Å². The lowest BCUT2D eigenvalue weighted by atomic mass is 10.2. The summed E-state index contributed by atoms with van der Waals surface area (Å²) in [5.74, 6) is -0.812. The molecule has 0 nitrogen and oxygen atoms in total. The minimum absolute atomic E-state index is 0.300. The predicted octanol–water partition coefficient (Wildman–Crippen LogP) is 6.88. The van der Waals surface area contributed by atoms with Crippen molar-refractivity contribution in [1.29, 1.82) is 0 Å². The first-order valence-corrected chi connectivity index (χ1v) is 9.12. The third kappa shape index (κ3) is 4.19. The van der Waals surface area contributed by atoms with Gasteiger partial charge in [0.25, 0.3) is 0 Å². The Labute approximate surface area is 149 Å². The maximum absolute atomic E-state index is 14.8. The summed E-state index contributed by atoms with van der Waals surface area (Å²) in [5, 5.41) is 0. The molecule has 3 rings (SSSR count). The van der Waals surface area contributed by atoms with Crippen LogP contribution in [0, 0.1) is 25.5 Å². The van der Waals surface area contributed by atoms with Crippen molar-refractivity contribution >= 4 is 23.5 Å². The van der Waals surface area contributed by atoms with Crippen LogP contribution in [0.25, 0.3) is 0 Å². The quantitative estimate of drug-likeness (QED) is 0.498. The van der Waals surface area contributed by atoms with E-state index in [2.05, 4.69) is 0 Å². The van der Waals surface area contributed by atoms with Crippen molar-refractivity contribution in [1.82, 2.24) is 0 Å². The molecule has 0 heterocycles. The first-order chi connectivity index (χ1) is 11.5. The molecule has 0 aliphatic rings. The van der Waals surface area contributed by atoms with Crippen LogP contribution in [0.1, 0.15) is 11.1 Å². The van der Waals surface area contributed by atoms with E-state index in [-0.39, 0.29) is 5.82 Å². The fourth-order valence-corrected chi connectivity index (χ4v) is 4.01. The molecule has 0 radical (unpaired) electrons. The van der Waals surface area contributed by atoms with E-state index in [1.54, 1.807) is 0 Å². The Hall–Kier alpha value is -1.78. The summed E-state index contributed by atoms with van der Waals surface area (Å²) >= 11 is 2.47. The molecule has 0 bridgehead atoms. The predicted molar refractivity (Wildman–Crippen MR) is 97.0 cm³/mol. The lowest BCUT2D eigenvalue weighted by Crippen LogP contribution is -1.89. The van der Waals surface area contributed by atoms with Gasteiger partial charge in [-0.1, -0.05) is 58.9 Å². The summed E-state index contributed by atoms with van der Waals surface area (Å²) in [6.45, 7) is 3.99. The molecule has 0 unspecified atom stereocenters. The van der Waals surface area contributed by atoms with E-state index in [9.17, 15) is 8.78 Å². The van der Waals surface area contributed by atoms with Crippen molar-refractivity contribution < 1.29 is 8.78 Å². The first kappa shape index (κ1) is 17.1. The van der Waals surface area contributed by atoms with Crippen LogP contribution in [0.5, 0.6) is 0 Å². The molecule has 0 atom stereocenters. The molecule has 3 aromatic carbocycles. The Kier molecular flexibility index (Phi) is 5.27. The summed E-state index contributed by atoms with van der Waals surface area (Å²) in [6, 6.07) is 18.0. The fraction of sp³-hybridized carbons (Fsp3) is 0.100. The first-order valence-electron chi connectivity index (χ1n) is 7.49. The summed E-state index contributed by atoms with van der Waals surface area (Å²) in [7, 11) is 0. The molecule has 0 saturated heterocycles. The van der Waals surface area contributed by atoms with Crippen LogP contribution in [0.15, 0.2) is 80.2 Å². The number of aryl methyl sites for hydroxylation is 2. The highest BCUT2D eigenvalue weighted by molar-refractivity contribution is 8.00. The van der Waals surface area contributed by atoms with Gasteiger partial charge in [0.1, 0.15) is 5.82 Å². The van der Waals surface area contributed by atoms with Gasteiger partial charge in [-0.2, -0.15) is 0 Å². The zero-order chi connectivity index (χ0) is 17.1. The topological polar surface area (TPSA) is 0 Å². The monoisotopic (exact) mass is 358 g/mol. The van der Waals surface area contributed by atoms with Gasteiger partial charge in [-0.15, -0.1) is 0 Å². The molecule has 0 aliphatic heterocycles. The molecule has 0 fully saturated rings. The smallest absolute Gasteiger partial charge is 0.151 e. The van der Waals surface area contributed by atoms with Crippen molar-refractivity contribution in [3.8, 4) is 0 Å². The summed E-state index contributed by atoms with van der Waals surface area (Å²) in [4.78, 5) is 2.37. The average molecular weight is 358 g/mol. The largest absolute Gasteiger partial charge is 0.207 e. The minimum atomic E-state index is -0.430. The molecular weight excluding hydrogens is 342 g/mol. The van der Waals surface area contributed by atoms with Crippen molar-refractivity contribution in [2.75, 3.05) is 0 Å². The van der Waals surface area contributed by atoms with Gasteiger partial charge >= 0.3 is 0 Å². The Morgan fingerprint density at radius 3 is 1.38 bits per heavy atom. The number of hydrogen-bond acceptors (Lipinski definition) is 2. The van der Waals surface area contributed by atoms with Gasteiger partial charge < -0.3 is 0 Å². The van der Waals surface area contributed by atoms with E-state index < -0.39 is 5.82 Å². The molecule has 0 saturated carbocycles. The van der Waals surface area contributed by atoms with Gasteiger partial charge in [0.2, 0.25) is 0 Å². The molecule has 24 heavy (non-hydrogen) atoms. The minimum Gasteiger partial charge on any atom is -0.207 e. The molecular formula is C20H16F2S2. The van der Waals surface area contributed by atoms with Crippen LogP contribution >= 0.6 is 23.5 Å². The lowest BCUT2D eigenvalue weighted by Gasteiger charge is -2.09. The Bertz CT molecular complexity index is 772. The van der Waals surface area contributed by atoms with Crippen LogP contribution in [0.4, 0.5) is 8.78 Å². The molecule has 0 N–H and O–H groups in total. The average Bonchev–Trinajstić information content (AvgIpc) is 2.56. The van der Waals surface area contributed by atoms with Crippen molar-refractivity contribution in [2.24, 2.45) is 0 Å². The van der Waals surface area contributed by atoms with Crippen molar-refractivity contribution in [2.45, 2.75) is 33.4 Å². The van der Waals surface area contributed by atoms with Gasteiger partial charge in [-0.3, -0.25) is 0 Å². The van der Waals surface area contributed by atoms with Gasteiger partial charge in [-0.25, -0.2) is 8.78 Å². The van der Waals surface area contributed by atoms with Crippen molar-refractivity contribution in [3.05, 3.63) is 83.4 Å². The highest BCUT2D eigenvalue weighted by Gasteiger charge is 2.14. The third-order valence-electron chi connectivity index (χ3n) is 3.47. The van der Waals surface area contributed by atoms with Gasteiger partial charge in [-0.05, 0) is 50.2 Å². The maximum atomic E-state index is 14.8. The number of halogens is 2. The molecule has 0 aliphatic carbocycles. The van der Waals surface area contributed by atoms with Crippen LogP contribution in [-0.4, -0.2) is 0 Å². The number of rotatable bonds is 4. The summed E-state index contributed by atoms with van der Waals surface area (Å²) < 4.78 is 28.7. The second-order valence-corrected chi connectivity index (χ2v) is 7.78. The van der Waals surface area contributed by atoms with Gasteiger partial charge in [0.05, 0.1) is 9.79 Å². The zero-order valence-corrected chi connectivity index (χ0v) is 15.0. The second-order valence-electron chi connectivity index (χ2n) is 5.55. The highest BCUT2D eigenvalue weighted by Crippen LogP contribution is 2.37. The van der Waals surface area contributed by atoms with E-state index in [0.29, 0.717) is 9.79 Å². The Balaban J connectivity index is 1.89. The van der Waals surface area contributed by atoms with E-state index in [1.165, 1.54) is 35.7 Å². The normalized spacial score (nSPS) is 10.8. The SMILES string of the molecule is Cc1ccc(Sc2cc(F)cc(Sc3ccc(C)cc3)c2F)cc1. The highest BCUT2D eigenvalue weighted by atomic mass is 32.2. The molecule has 122 valence electrons.